The monoisotopic (exact) mass is 189 g/mol. The lowest BCUT2D eigenvalue weighted by Gasteiger charge is -2.26. The van der Waals surface area contributed by atoms with Crippen LogP contribution >= 0.6 is 0 Å². The molecule has 1 aromatic carbocycles. The summed E-state index contributed by atoms with van der Waals surface area (Å²) in [7, 11) is 0. The van der Waals surface area contributed by atoms with E-state index in [4.69, 9.17) is 0 Å². The first kappa shape index (κ1) is 9.72. The molecule has 0 saturated carbocycles. The third-order valence-corrected chi connectivity index (χ3v) is 3.11. The molecule has 0 fully saturated rings. The summed E-state index contributed by atoms with van der Waals surface area (Å²) in [6, 6.07) is 8.86. The van der Waals surface area contributed by atoms with E-state index in [1.807, 2.05) is 0 Å². The van der Waals surface area contributed by atoms with Gasteiger partial charge in [0.05, 0.1) is 0 Å². The Balaban J connectivity index is 2.14. The van der Waals surface area contributed by atoms with E-state index >= 15 is 0 Å². The molecule has 1 N–H and O–H groups in total. The number of unbranched alkanes of at least 4 members (excludes halogenated alkanes) is 1. The zero-order chi connectivity index (χ0) is 9.80. The molecular formula is C13H19N. The normalized spacial score (nSPS) is 20.5. The smallest absolute Gasteiger partial charge is 0.0208 e. The summed E-state index contributed by atoms with van der Waals surface area (Å²) in [4.78, 5) is 0. The van der Waals surface area contributed by atoms with Crippen LogP contribution in [0.15, 0.2) is 24.3 Å². The Kier molecular flexibility index (Phi) is 3.20. The van der Waals surface area contributed by atoms with Crippen LogP contribution in [0, 0.1) is 0 Å². The largest absolute Gasteiger partial charge is 0.312 e. The maximum Gasteiger partial charge on any atom is 0.0208 e. The van der Waals surface area contributed by atoms with Gasteiger partial charge in [-0.25, -0.2) is 0 Å². The van der Waals surface area contributed by atoms with Gasteiger partial charge in [-0.05, 0) is 23.5 Å². The summed E-state index contributed by atoms with van der Waals surface area (Å²) < 4.78 is 0. The minimum Gasteiger partial charge on any atom is -0.312 e. The summed E-state index contributed by atoms with van der Waals surface area (Å²) in [5, 5.41) is 3.50. The van der Waals surface area contributed by atoms with E-state index < -0.39 is 0 Å². The predicted octanol–water partition coefficient (Wildman–Crippen LogP) is 3.06. The molecule has 0 unspecified atom stereocenters. The van der Waals surface area contributed by atoms with Crippen LogP contribution in [0.2, 0.25) is 0 Å². The molecule has 1 aliphatic heterocycles. The van der Waals surface area contributed by atoms with Gasteiger partial charge in [-0.1, -0.05) is 44.0 Å². The Morgan fingerprint density at radius 1 is 1.36 bits per heavy atom. The number of nitrogens with one attached hydrogen (secondary N) is 1. The molecular weight excluding hydrogens is 170 g/mol. The van der Waals surface area contributed by atoms with Gasteiger partial charge < -0.3 is 5.32 Å². The van der Waals surface area contributed by atoms with E-state index in [0.29, 0.717) is 0 Å². The molecule has 2 rings (SSSR count). The molecule has 14 heavy (non-hydrogen) atoms. The predicted molar refractivity (Wildman–Crippen MR) is 60.4 cm³/mol. The first-order valence-electron chi connectivity index (χ1n) is 5.70. The van der Waals surface area contributed by atoms with Gasteiger partial charge in [0.2, 0.25) is 0 Å². The fourth-order valence-corrected chi connectivity index (χ4v) is 2.29. The number of rotatable bonds is 3. The molecule has 0 aliphatic carbocycles. The van der Waals surface area contributed by atoms with E-state index in [0.717, 1.165) is 19.0 Å². The first-order valence-corrected chi connectivity index (χ1v) is 5.70. The summed E-state index contributed by atoms with van der Waals surface area (Å²) in [6.07, 6.45) is 3.99. The zero-order valence-corrected chi connectivity index (χ0v) is 8.92. The summed E-state index contributed by atoms with van der Waals surface area (Å²) in [5.41, 5.74) is 3.08. The molecule has 76 valence electrons. The summed E-state index contributed by atoms with van der Waals surface area (Å²) >= 11 is 0. The van der Waals surface area contributed by atoms with E-state index in [1.54, 1.807) is 5.56 Å². The van der Waals surface area contributed by atoms with E-state index in [2.05, 4.69) is 36.5 Å². The Hall–Kier alpha value is -0.820. The third-order valence-electron chi connectivity index (χ3n) is 3.11. The van der Waals surface area contributed by atoms with Crippen molar-refractivity contribution in [3.05, 3.63) is 35.4 Å². The van der Waals surface area contributed by atoms with Gasteiger partial charge >= 0.3 is 0 Å². The van der Waals surface area contributed by atoms with Crippen LogP contribution in [0.1, 0.15) is 43.2 Å². The quantitative estimate of drug-likeness (QED) is 0.770. The summed E-state index contributed by atoms with van der Waals surface area (Å²) in [5.74, 6) is 0.750. The van der Waals surface area contributed by atoms with Gasteiger partial charge in [0.25, 0.3) is 0 Å². The molecule has 0 spiro atoms. The first-order chi connectivity index (χ1) is 6.92. The van der Waals surface area contributed by atoms with E-state index in [9.17, 15) is 0 Å². The van der Waals surface area contributed by atoms with E-state index in [-0.39, 0.29) is 0 Å². The molecule has 0 aromatic heterocycles. The van der Waals surface area contributed by atoms with Crippen molar-refractivity contribution in [3.8, 4) is 0 Å². The van der Waals surface area contributed by atoms with Crippen LogP contribution in [0.5, 0.6) is 0 Å². The second-order valence-electron chi connectivity index (χ2n) is 4.17. The molecule has 1 nitrogen and oxygen atoms in total. The van der Waals surface area contributed by atoms with Gasteiger partial charge in [-0.3, -0.25) is 0 Å². The highest BCUT2D eigenvalue weighted by molar-refractivity contribution is 5.32. The van der Waals surface area contributed by atoms with Gasteiger partial charge in [0.15, 0.2) is 0 Å². The third kappa shape index (κ3) is 1.98. The number of benzene rings is 1. The molecule has 0 amide bonds. The van der Waals surface area contributed by atoms with Crippen LogP contribution < -0.4 is 5.32 Å². The molecule has 1 aromatic rings. The second-order valence-corrected chi connectivity index (χ2v) is 4.17. The second kappa shape index (κ2) is 4.61. The van der Waals surface area contributed by atoms with Crippen molar-refractivity contribution in [3.63, 3.8) is 0 Å². The summed E-state index contributed by atoms with van der Waals surface area (Å²) in [6.45, 7) is 4.48. The average Bonchev–Trinajstić information content (AvgIpc) is 2.26. The van der Waals surface area contributed by atoms with Crippen LogP contribution in [0.4, 0.5) is 0 Å². The number of hydrogen-bond acceptors (Lipinski definition) is 1. The van der Waals surface area contributed by atoms with Gasteiger partial charge in [0.1, 0.15) is 0 Å². The highest BCUT2D eigenvalue weighted by Gasteiger charge is 2.18. The minimum atomic E-state index is 0.750. The van der Waals surface area contributed by atoms with Crippen molar-refractivity contribution in [1.82, 2.24) is 5.32 Å². The Labute approximate surface area is 86.5 Å². The van der Waals surface area contributed by atoms with Crippen molar-refractivity contribution in [2.45, 2.75) is 38.6 Å². The van der Waals surface area contributed by atoms with Crippen LogP contribution in [-0.2, 0) is 6.54 Å². The van der Waals surface area contributed by atoms with Gasteiger partial charge in [-0.15, -0.1) is 0 Å². The standard InChI is InChI=1S/C13H19N/c1-2-3-6-11-9-14-10-12-7-4-5-8-13(11)12/h4-5,7-8,11,14H,2-3,6,9-10H2,1H3/t11-/m1/s1. The van der Waals surface area contributed by atoms with Crippen molar-refractivity contribution in [2.75, 3.05) is 6.54 Å². The highest BCUT2D eigenvalue weighted by atomic mass is 14.9. The average molecular weight is 189 g/mol. The van der Waals surface area contributed by atoms with Gasteiger partial charge in [0, 0.05) is 13.1 Å². The molecule has 1 atom stereocenters. The Morgan fingerprint density at radius 2 is 2.21 bits per heavy atom. The molecule has 0 bridgehead atoms. The molecule has 1 aliphatic rings. The van der Waals surface area contributed by atoms with Crippen LogP contribution in [-0.4, -0.2) is 6.54 Å². The Morgan fingerprint density at radius 3 is 3.07 bits per heavy atom. The Bertz CT molecular complexity index is 293. The van der Waals surface area contributed by atoms with Crippen molar-refractivity contribution < 1.29 is 0 Å². The molecule has 0 saturated heterocycles. The van der Waals surface area contributed by atoms with E-state index in [1.165, 1.54) is 24.8 Å². The lowest BCUT2D eigenvalue weighted by atomic mass is 9.87. The number of fused-ring (bicyclic) bond motifs is 1. The maximum atomic E-state index is 3.50. The van der Waals surface area contributed by atoms with Crippen LogP contribution in [0.25, 0.3) is 0 Å². The van der Waals surface area contributed by atoms with Crippen molar-refractivity contribution in [1.29, 1.82) is 0 Å². The molecule has 0 radical (unpaired) electrons. The van der Waals surface area contributed by atoms with Crippen molar-refractivity contribution in [2.24, 2.45) is 0 Å². The van der Waals surface area contributed by atoms with Crippen molar-refractivity contribution >= 4 is 0 Å². The topological polar surface area (TPSA) is 12.0 Å². The minimum absolute atomic E-state index is 0.750. The zero-order valence-electron chi connectivity index (χ0n) is 8.92. The van der Waals surface area contributed by atoms with Crippen LogP contribution in [0.3, 0.4) is 0 Å². The number of hydrogen-bond donors (Lipinski definition) is 1. The molecule has 1 heterocycles. The van der Waals surface area contributed by atoms with Gasteiger partial charge in [-0.2, -0.15) is 0 Å². The molecule has 1 heteroatoms. The lowest BCUT2D eigenvalue weighted by molar-refractivity contribution is 0.498. The SMILES string of the molecule is CCCC[C@@H]1CNCc2ccccc21. The highest BCUT2D eigenvalue weighted by Crippen LogP contribution is 2.27. The maximum absolute atomic E-state index is 3.50. The fourth-order valence-electron chi connectivity index (χ4n) is 2.29. The lowest BCUT2D eigenvalue weighted by Crippen LogP contribution is -2.28. The fraction of sp³-hybridized carbons (Fsp3) is 0.538.